The summed E-state index contributed by atoms with van der Waals surface area (Å²) in [5.41, 5.74) is 1.11. The van der Waals surface area contributed by atoms with Gasteiger partial charge in [0.25, 0.3) is 0 Å². The summed E-state index contributed by atoms with van der Waals surface area (Å²) in [6.07, 6.45) is 0.807. The number of hydrogen-bond donors (Lipinski definition) is 0. The Labute approximate surface area is 119 Å². The molecule has 0 aliphatic rings. The monoisotopic (exact) mass is 282 g/mol. The highest BCUT2D eigenvalue weighted by atomic mass is 32.1. The van der Waals surface area contributed by atoms with Gasteiger partial charge in [-0.3, -0.25) is 4.79 Å². The number of carbonyl (C=O) groups excluding carboxylic acids is 2. The summed E-state index contributed by atoms with van der Waals surface area (Å²) >= 11 is 1.49. The van der Waals surface area contributed by atoms with Crippen LogP contribution in [0.15, 0.2) is 53.9 Å². The Balaban J connectivity index is 1.91. The highest BCUT2D eigenvalue weighted by molar-refractivity contribution is 7.17. The van der Waals surface area contributed by atoms with Crippen LogP contribution in [-0.4, -0.2) is 12.3 Å². The predicted octanol–water partition coefficient (Wildman–Crippen LogP) is 3.93. The van der Waals surface area contributed by atoms with Gasteiger partial charge in [0.1, 0.15) is 5.75 Å². The van der Waals surface area contributed by atoms with Crippen molar-refractivity contribution >= 4 is 33.7 Å². The summed E-state index contributed by atoms with van der Waals surface area (Å²) in [7, 11) is 0. The van der Waals surface area contributed by atoms with Crippen molar-refractivity contribution in [2.75, 3.05) is 0 Å². The maximum atomic E-state index is 12.0. The van der Waals surface area contributed by atoms with E-state index in [1.807, 2.05) is 12.1 Å². The predicted molar refractivity (Wildman–Crippen MR) is 78.6 cm³/mol. The second-order valence-corrected chi connectivity index (χ2v) is 5.13. The first kappa shape index (κ1) is 12.6. The van der Waals surface area contributed by atoms with Crippen molar-refractivity contribution in [2.24, 2.45) is 0 Å². The average molecular weight is 282 g/mol. The van der Waals surface area contributed by atoms with Gasteiger partial charge in [0.15, 0.2) is 6.29 Å². The van der Waals surface area contributed by atoms with E-state index >= 15 is 0 Å². The zero-order chi connectivity index (χ0) is 13.9. The molecule has 2 aromatic carbocycles. The van der Waals surface area contributed by atoms with Gasteiger partial charge < -0.3 is 4.74 Å². The molecule has 3 aromatic rings. The smallest absolute Gasteiger partial charge is 0.343 e. The summed E-state index contributed by atoms with van der Waals surface area (Å²) in [4.78, 5) is 22.9. The van der Waals surface area contributed by atoms with Crippen molar-refractivity contribution in [2.45, 2.75) is 0 Å². The van der Waals surface area contributed by atoms with Crippen LogP contribution in [-0.2, 0) is 0 Å². The molecule has 0 spiro atoms. The minimum absolute atomic E-state index is 0.409. The molecule has 0 amide bonds. The Hall–Kier alpha value is -2.46. The molecule has 0 aliphatic carbocycles. The molecule has 0 unspecified atom stereocenters. The second kappa shape index (κ2) is 5.27. The highest BCUT2D eigenvalue weighted by Gasteiger charge is 2.10. The number of thiophene rings is 1. The fourth-order valence-corrected chi connectivity index (χ4v) is 2.81. The Morgan fingerprint density at radius 3 is 2.65 bits per heavy atom. The molecule has 0 N–H and O–H groups in total. The maximum Gasteiger partial charge on any atom is 0.343 e. The van der Waals surface area contributed by atoms with E-state index < -0.39 is 5.97 Å². The summed E-state index contributed by atoms with van der Waals surface area (Å²) in [6, 6.07) is 14.1. The molecular weight excluding hydrogens is 272 g/mol. The van der Waals surface area contributed by atoms with Gasteiger partial charge in [0.05, 0.1) is 5.56 Å². The molecule has 0 saturated heterocycles. The van der Waals surface area contributed by atoms with E-state index in [9.17, 15) is 9.59 Å². The van der Waals surface area contributed by atoms with Crippen molar-refractivity contribution in [3.05, 3.63) is 65.0 Å². The zero-order valence-electron chi connectivity index (χ0n) is 10.4. The van der Waals surface area contributed by atoms with Gasteiger partial charge in [-0.2, -0.15) is 0 Å². The van der Waals surface area contributed by atoms with Crippen LogP contribution in [0.1, 0.15) is 20.7 Å². The molecule has 0 saturated carbocycles. The van der Waals surface area contributed by atoms with E-state index in [2.05, 4.69) is 0 Å². The first-order chi connectivity index (χ1) is 9.78. The number of fused-ring (bicyclic) bond motifs is 1. The lowest BCUT2D eigenvalue weighted by molar-refractivity contribution is 0.0735. The lowest BCUT2D eigenvalue weighted by atomic mass is 10.2. The van der Waals surface area contributed by atoms with E-state index in [0.29, 0.717) is 16.9 Å². The summed E-state index contributed by atoms with van der Waals surface area (Å²) in [6.45, 7) is 0. The summed E-state index contributed by atoms with van der Waals surface area (Å²) < 4.78 is 6.32. The van der Waals surface area contributed by atoms with Crippen LogP contribution < -0.4 is 4.74 Å². The van der Waals surface area contributed by atoms with Crippen LogP contribution in [0.3, 0.4) is 0 Å². The van der Waals surface area contributed by atoms with Crippen molar-refractivity contribution in [3.8, 4) is 5.75 Å². The van der Waals surface area contributed by atoms with Gasteiger partial charge in [0.2, 0.25) is 0 Å². The molecule has 1 heterocycles. The van der Waals surface area contributed by atoms with E-state index in [0.717, 1.165) is 16.4 Å². The van der Waals surface area contributed by atoms with Crippen LogP contribution in [0.2, 0.25) is 0 Å². The largest absolute Gasteiger partial charge is 0.423 e. The Bertz CT molecular complexity index is 775. The Morgan fingerprint density at radius 2 is 1.90 bits per heavy atom. The van der Waals surface area contributed by atoms with Crippen molar-refractivity contribution in [3.63, 3.8) is 0 Å². The standard InChI is InChI=1S/C16H10O3S/c17-9-12-10-20-15-7-6-13(8-14(12)15)19-16(18)11-4-2-1-3-5-11/h1-10H. The highest BCUT2D eigenvalue weighted by Crippen LogP contribution is 2.28. The maximum absolute atomic E-state index is 12.0. The number of esters is 1. The van der Waals surface area contributed by atoms with Crippen molar-refractivity contribution in [1.29, 1.82) is 0 Å². The second-order valence-electron chi connectivity index (χ2n) is 4.22. The topological polar surface area (TPSA) is 43.4 Å². The normalized spacial score (nSPS) is 10.4. The van der Waals surface area contributed by atoms with E-state index in [-0.39, 0.29) is 0 Å². The molecule has 20 heavy (non-hydrogen) atoms. The summed E-state index contributed by atoms with van der Waals surface area (Å²) in [5.74, 6) is 0.0284. The molecule has 0 aliphatic heterocycles. The van der Waals surface area contributed by atoms with E-state index in [1.165, 1.54) is 11.3 Å². The SMILES string of the molecule is O=Cc1csc2ccc(OC(=O)c3ccccc3)cc12. The average Bonchev–Trinajstić information content (AvgIpc) is 2.90. The third kappa shape index (κ3) is 2.33. The minimum atomic E-state index is -0.409. The zero-order valence-corrected chi connectivity index (χ0v) is 11.2. The van der Waals surface area contributed by atoms with Crippen LogP contribution in [0.5, 0.6) is 5.75 Å². The molecule has 0 bridgehead atoms. The van der Waals surface area contributed by atoms with E-state index in [4.69, 9.17) is 4.74 Å². The number of hydrogen-bond acceptors (Lipinski definition) is 4. The van der Waals surface area contributed by atoms with Gasteiger partial charge in [-0.15, -0.1) is 11.3 Å². The first-order valence-electron chi connectivity index (χ1n) is 6.01. The molecule has 3 nitrogen and oxygen atoms in total. The Morgan fingerprint density at radius 1 is 1.10 bits per heavy atom. The number of carbonyl (C=O) groups is 2. The number of rotatable bonds is 3. The number of ether oxygens (including phenoxy) is 1. The number of aldehydes is 1. The van der Waals surface area contributed by atoms with Crippen LogP contribution >= 0.6 is 11.3 Å². The molecule has 1 aromatic heterocycles. The molecule has 4 heteroatoms. The molecular formula is C16H10O3S. The third-order valence-corrected chi connectivity index (χ3v) is 3.90. The number of benzene rings is 2. The van der Waals surface area contributed by atoms with Crippen LogP contribution in [0.4, 0.5) is 0 Å². The fourth-order valence-electron chi connectivity index (χ4n) is 1.92. The molecule has 98 valence electrons. The third-order valence-electron chi connectivity index (χ3n) is 2.92. The molecule has 0 radical (unpaired) electrons. The lowest BCUT2D eigenvalue weighted by Crippen LogP contribution is -2.07. The van der Waals surface area contributed by atoms with E-state index in [1.54, 1.807) is 41.8 Å². The van der Waals surface area contributed by atoms with Gasteiger partial charge in [0, 0.05) is 21.0 Å². The molecule has 0 atom stereocenters. The van der Waals surface area contributed by atoms with Crippen LogP contribution in [0.25, 0.3) is 10.1 Å². The minimum Gasteiger partial charge on any atom is -0.423 e. The molecule has 3 rings (SSSR count). The summed E-state index contributed by atoms with van der Waals surface area (Å²) in [5, 5.41) is 2.60. The van der Waals surface area contributed by atoms with Gasteiger partial charge in [-0.25, -0.2) is 4.79 Å². The Kier molecular flexibility index (Phi) is 3.31. The lowest BCUT2D eigenvalue weighted by Gasteiger charge is -2.04. The van der Waals surface area contributed by atoms with Gasteiger partial charge in [-0.1, -0.05) is 18.2 Å². The first-order valence-corrected chi connectivity index (χ1v) is 6.89. The fraction of sp³-hybridized carbons (Fsp3) is 0. The van der Waals surface area contributed by atoms with Crippen molar-refractivity contribution < 1.29 is 14.3 Å². The quantitative estimate of drug-likeness (QED) is 0.415. The van der Waals surface area contributed by atoms with Crippen LogP contribution in [0, 0.1) is 0 Å². The molecule has 0 fully saturated rings. The van der Waals surface area contributed by atoms with Gasteiger partial charge in [-0.05, 0) is 30.3 Å². The van der Waals surface area contributed by atoms with Crippen molar-refractivity contribution in [1.82, 2.24) is 0 Å². The van der Waals surface area contributed by atoms with Gasteiger partial charge >= 0.3 is 5.97 Å².